The van der Waals surface area contributed by atoms with Crippen LogP contribution < -0.4 is 15.7 Å². The Labute approximate surface area is 134 Å². The average Bonchev–Trinajstić information content (AvgIpc) is 2.56. The molecular formula is C17H11F2NO4. The van der Waals surface area contributed by atoms with Gasteiger partial charge < -0.3 is 14.5 Å². The van der Waals surface area contributed by atoms with Crippen molar-refractivity contribution in [1.82, 2.24) is 0 Å². The number of carbonyl (C=O) groups is 1. The van der Waals surface area contributed by atoms with Crippen molar-refractivity contribution in [2.24, 2.45) is 0 Å². The maximum absolute atomic E-state index is 13.4. The molecule has 3 aromatic rings. The number of amides is 1. The smallest absolute Gasteiger partial charge is 0.336 e. The van der Waals surface area contributed by atoms with Crippen LogP contribution >= 0.6 is 0 Å². The van der Waals surface area contributed by atoms with E-state index in [4.69, 9.17) is 9.15 Å². The Morgan fingerprint density at radius 1 is 1.08 bits per heavy atom. The lowest BCUT2D eigenvalue weighted by atomic mass is 10.2. The van der Waals surface area contributed by atoms with Crippen molar-refractivity contribution < 1.29 is 22.7 Å². The van der Waals surface area contributed by atoms with Crippen molar-refractivity contribution >= 4 is 22.6 Å². The molecular weight excluding hydrogens is 320 g/mol. The van der Waals surface area contributed by atoms with Gasteiger partial charge in [0.2, 0.25) is 0 Å². The molecule has 0 spiro atoms. The van der Waals surface area contributed by atoms with Gasteiger partial charge in [-0.3, -0.25) is 4.79 Å². The van der Waals surface area contributed by atoms with Gasteiger partial charge in [-0.15, -0.1) is 0 Å². The number of fused-ring (bicyclic) bond motifs is 1. The van der Waals surface area contributed by atoms with Crippen molar-refractivity contribution in [2.45, 2.75) is 0 Å². The molecule has 0 bridgehead atoms. The summed E-state index contributed by atoms with van der Waals surface area (Å²) in [6.45, 7) is -0.418. The summed E-state index contributed by atoms with van der Waals surface area (Å²) in [5, 5.41) is 2.92. The van der Waals surface area contributed by atoms with Crippen molar-refractivity contribution in [2.75, 3.05) is 11.9 Å². The molecule has 1 heterocycles. The number of ether oxygens (including phenoxy) is 1. The summed E-state index contributed by atoms with van der Waals surface area (Å²) in [4.78, 5) is 23.0. The Morgan fingerprint density at radius 2 is 1.88 bits per heavy atom. The van der Waals surface area contributed by atoms with Crippen LogP contribution in [-0.2, 0) is 4.79 Å². The summed E-state index contributed by atoms with van der Waals surface area (Å²) >= 11 is 0. The van der Waals surface area contributed by atoms with Crippen LogP contribution in [0.15, 0.2) is 57.7 Å². The second kappa shape index (κ2) is 6.49. The minimum absolute atomic E-state index is 0.270. The molecule has 0 saturated heterocycles. The van der Waals surface area contributed by atoms with Crippen LogP contribution in [0.25, 0.3) is 11.0 Å². The van der Waals surface area contributed by atoms with E-state index in [-0.39, 0.29) is 5.69 Å². The number of hydrogen-bond acceptors (Lipinski definition) is 4. The average molecular weight is 331 g/mol. The second-order valence-corrected chi connectivity index (χ2v) is 4.92. The zero-order valence-electron chi connectivity index (χ0n) is 12.2. The molecule has 0 aliphatic carbocycles. The quantitative estimate of drug-likeness (QED) is 0.746. The van der Waals surface area contributed by atoms with Gasteiger partial charge in [0.1, 0.15) is 23.0 Å². The van der Waals surface area contributed by atoms with Crippen molar-refractivity contribution in [3.63, 3.8) is 0 Å². The molecule has 122 valence electrons. The first-order chi connectivity index (χ1) is 11.5. The van der Waals surface area contributed by atoms with Crippen LogP contribution in [0.5, 0.6) is 5.75 Å². The van der Waals surface area contributed by atoms with E-state index in [0.29, 0.717) is 16.7 Å². The van der Waals surface area contributed by atoms with Crippen molar-refractivity contribution in [3.8, 4) is 5.75 Å². The van der Waals surface area contributed by atoms with Crippen LogP contribution in [0.4, 0.5) is 14.5 Å². The predicted molar refractivity (Wildman–Crippen MR) is 83.0 cm³/mol. The lowest BCUT2D eigenvalue weighted by molar-refractivity contribution is -0.118. The first-order valence-electron chi connectivity index (χ1n) is 6.93. The molecule has 0 atom stereocenters. The third-order valence-corrected chi connectivity index (χ3v) is 3.17. The van der Waals surface area contributed by atoms with Crippen molar-refractivity contribution in [3.05, 3.63) is 70.6 Å². The molecule has 0 saturated carbocycles. The van der Waals surface area contributed by atoms with Gasteiger partial charge in [-0.25, -0.2) is 13.6 Å². The van der Waals surface area contributed by atoms with Gasteiger partial charge in [0.15, 0.2) is 6.61 Å². The van der Waals surface area contributed by atoms with E-state index < -0.39 is 29.8 Å². The lowest BCUT2D eigenvalue weighted by Crippen LogP contribution is -2.20. The van der Waals surface area contributed by atoms with Gasteiger partial charge in [0, 0.05) is 23.6 Å². The van der Waals surface area contributed by atoms with Crippen LogP contribution in [0.2, 0.25) is 0 Å². The first-order valence-corrected chi connectivity index (χ1v) is 6.93. The Bertz CT molecular complexity index is 968. The van der Waals surface area contributed by atoms with Crippen LogP contribution in [0.1, 0.15) is 0 Å². The Hall–Kier alpha value is -3.22. The van der Waals surface area contributed by atoms with Gasteiger partial charge in [-0.1, -0.05) is 0 Å². The number of hydrogen-bond donors (Lipinski definition) is 1. The highest BCUT2D eigenvalue weighted by Crippen LogP contribution is 2.20. The molecule has 1 N–H and O–H groups in total. The predicted octanol–water partition coefficient (Wildman–Crippen LogP) is 3.09. The molecule has 1 amide bonds. The Balaban J connectivity index is 1.67. The summed E-state index contributed by atoms with van der Waals surface area (Å²) in [5.41, 5.74) is -0.455. The Kier molecular flexibility index (Phi) is 4.24. The number of rotatable bonds is 4. The van der Waals surface area contributed by atoms with Gasteiger partial charge >= 0.3 is 5.63 Å². The second-order valence-electron chi connectivity index (χ2n) is 4.92. The van der Waals surface area contributed by atoms with Gasteiger partial charge in [-0.2, -0.15) is 0 Å². The van der Waals surface area contributed by atoms with Crippen molar-refractivity contribution in [1.29, 1.82) is 0 Å². The fourth-order valence-electron chi connectivity index (χ4n) is 2.06. The molecule has 0 unspecified atom stereocenters. The van der Waals surface area contributed by atoms with Gasteiger partial charge in [0.05, 0.1) is 5.69 Å². The number of carbonyl (C=O) groups excluding carboxylic acids is 1. The molecule has 3 rings (SSSR count). The molecule has 5 nitrogen and oxygen atoms in total. The molecule has 0 fully saturated rings. The summed E-state index contributed by atoms with van der Waals surface area (Å²) in [5.74, 6) is -1.78. The molecule has 0 aliphatic heterocycles. The maximum Gasteiger partial charge on any atom is 0.336 e. The van der Waals surface area contributed by atoms with Gasteiger partial charge in [-0.05, 0) is 30.3 Å². The van der Waals surface area contributed by atoms with E-state index in [2.05, 4.69) is 5.32 Å². The summed E-state index contributed by atoms with van der Waals surface area (Å²) in [6, 6.07) is 10.4. The molecule has 1 aromatic heterocycles. The molecule has 0 aliphatic rings. The normalized spacial score (nSPS) is 10.6. The molecule has 2 aromatic carbocycles. The fourth-order valence-corrected chi connectivity index (χ4v) is 2.06. The van der Waals surface area contributed by atoms with Crippen LogP contribution in [-0.4, -0.2) is 12.5 Å². The molecule has 7 heteroatoms. The summed E-state index contributed by atoms with van der Waals surface area (Å²) in [6.07, 6.45) is 0. The lowest BCUT2D eigenvalue weighted by Gasteiger charge is -2.08. The highest BCUT2D eigenvalue weighted by molar-refractivity contribution is 5.92. The van der Waals surface area contributed by atoms with E-state index in [9.17, 15) is 18.4 Å². The first kappa shape index (κ1) is 15.7. The van der Waals surface area contributed by atoms with E-state index in [1.807, 2.05) is 0 Å². The standard InChI is InChI=1S/C17H11F2NO4/c18-11-3-5-13(19)14(7-11)20-16(21)9-23-12-4-1-10-2-6-17(22)24-15(10)8-12/h1-8H,9H2,(H,20,21). The number of anilines is 1. The number of benzene rings is 2. The summed E-state index contributed by atoms with van der Waals surface area (Å²) in [7, 11) is 0. The third-order valence-electron chi connectivity index (χ3n) is 3.17. The molecule has 0 radical (unpaired) electrons. The summed E-state index contributed by atoms with van der Waals surface area (Å²) < 4.78 is 36.8. The minimum Gasteiger partial charge on any atom is -0.484 e. The maximum atomic E-state index is 13.4. The SMILES string of the molecule is O=C(COc1ccc2ccc(=O)oc2c1)Nc1cc(F)ccc1F. The zero-order chi connectivity index (χ0) is 17.1. The monoisotopic (exact) mass is 331 g/mol. The highest BCUT2D eigenvalue weighted by Gasteiger charge is 2.09. The van der Waals surface area contributed by atoms with E-state index >= 15 is 0 Å². The molecule has 24 heavy (non-hydrogen) atoms. The highest BCUT2D eigenvalue weighted by atomic mass is 19.1. The van der Waals surface area contributed by atoms with E-state index in [1.54, 1.807) is 18.2 Å². The zero-order valence-corrected chi connectivity index (χ0v) is 12.2. The Morgan fingerprint density at radius 3 is 2.71 bits per heavy atom. The van der Waals surface area contributed by atoms with Crippen LogP contribution in [0, 0.1) is 11.6 Å². The third kappa shape index (κ3) is 3.57. The topological polar surface area (TPSA) is 68.5 Å². The van der Waals surface area contributed by atoms with Gasteiger partial charge in [0.25, 0.3) is 5.91 Å². The number of nitrogens with one attached hydrogen (secondary N) is 1. The van der Waals surface area contributed by atoms with E-state index in [1.165, 1.54) is 12.1 Å². The van der Waals surface area contributed by atoms with Crippen LogP contribution in [0.3, 0.4) is 0 Å². The van der Waals surface area contributed by atoms with E-state index in [0.717, 1.165) is 18.2 Å². The largest absolute Gasteiger partial charge is 0.484 e. The number of halogens is 2. The minimum atomic E-state index is -0.753. The fraction of sp³-hybridized carbons (Fsp3) is 0.0588.